The highest BCUT2D eigenvalue weighted by molar-refractivity contribution is 5.16. The van der Waals surface area contributed by atoms with Gasteiger partial charge in [0.15, 0.2) is 0 Å². The van der Waals surface area contributed by atoms with Crippen molar-refractivity contribution in [2.24, 2.45) is 11.7 Å². The van der Waals surface area contributed by atoms with Gasteiger partial charge in [-0.05, 0) is 31.9 Å². The summed E-state index contributed by atoms with van der Waals surface area (Å²) in [5, 5.41) is 0. The number of ether oxygens (including phenoxy) is 1. The topological polar surface area (TPSA) is 51.6 Å². The molecule has 2 N–H and O–H groups in total. The molecule has 1 saturated heterocycles. The molecule has 1 aromatic heterocycles. The molecule has 4 heteroatoms. The van der Waals surface area contributed by atoms with Crippen molar-refractivity contribution >= 4 is 0 Å². The fourth-order valence-electron chi connectivity index (χ4n) is 2.37. The van der Waals surface area contributed by atoms with E-state index in [1.807, 2.05) is 6.07 Å². The van der Waals surface area contributed by atoms with E-state index in [1.165, 1.54) is 12.8 Å². The summed E-state index contributed by atoms with van der Waals surface area (Å²) in [5.41, 5.74) is 6.77. The van der Waals surface area contributed by atoms with Gasteiger partial charge in [0.25, 0.3) is 0 Å². The highest BCUT2D eigenvalue weighted by atomic mass is 16.5. The van der Waals surface area contributed by atoms with Gasteiger partial charge < -0.3 is 14.9 Å². The van der Waals surface area contributed by atoms with E-state index < -0.39 is 0 Å². The lowest BCUT2D eigenvalue weighted by Crippen LogP contribution is -2.29. The predicted octanol–water partition coefficient (Wildman–Crippen LogP) is 1.60. The lowest BCUT2D eigenvalue weighted by atomic mass is 10.00. The average Bonchev–Trinajstić information content (AvgIpc) is 2.77. The molecule has 0 aliphatic carbocycles. The van der Waals surface area contributed by atoms with Gasteiger partial charge in [-0.15, -0.1) is 0 Å². The van der Waals surface area contributed by atoms with E-state index in [0.717, 1.165) is 43.5 Å². The minimum Gasteiger partial charge on any atom is -0.468 e. The van der Waals surface area contributed by atoms with Gasteiger partial charge in [-0.25, -0.2) is 0 Å². The Morgan fingerprint density at radius 2 is 2.18 bits per heavy atom. The second-order valence-corrected chi connectivity index (χ2v) is 4.83. The van der Waals surface area contributed by atoms with Crippen LogP contribution in [-0.4, -0.2) is 31.7 Å². The van der Waals surface area contributed by atoms with Gasteiger partial charge in [0.2, 0.25) is 0 Å². The smallest absolute Gasteiger partial charge is 0.122 e. The molecular weight excluding hydrogens is 216 g/mol. The normalized spacial score (nSPS) is 17.8. The Bertz CT molecular complexity index is 332. The first-order valence-electron chi connectivity index (χ1n) is 6.31. The van der Waals surface area contributed by atoms with Crippen LogP contribution >= 0.6 is 0 Å². The third kappa shape index (κ3) is 3.56. The van der Waals surface area contributed by atoms with Crippen molar-refractivity contribution in [3.8, 4) is 0 Å². The molecule has 17 heavy (non-hydrogen) atoms. The Balaban J connectivity index is 1.82. The van der Waals surface area contributed by atoms with E-state index in [2.05, 4.69) is 11.9 Å². The second-order valence-electron chi connectivity index (χ2n) is 4.83. The molecule has 4 nitrogen and oxygen atoms in total. The number of rotatable bonds is 5. The average molecular weight is 238 g/mol. The molecule has 1 aliphatic heterocycles. The van der Waals surface area contributed by atoms with Crippen LogP contribution in [0.1, 0.15) is 24.2 Å². The molecule has 0 radical (unpaired) electrons. The number of nitrogens with zero attached hydrogens (tertiary/aromatic N) is 1. The van der Waals surface area contributed by atoms with Gasteiger partial charge in [0, 0.05) is 31.9 Å². The van der Waals surface area contributed by atoms with Gasteiger partial charge in [-0.2, -0.15) is 0 Å². The van der Waals surface area contributed by atoms with E-state index in [0.29, 0.717) is 6.54 Å². The molecule has 0 spiro atoms. The Labute approximate surface area is 103 Å². The van der Waals surface area contributed by atoms with Crippen molar-refractivity contribution < 1.29 is 9.15 Å². The Hall–Kier alpha value is -0.840. The van der Waals surface area contributed by atoms with E-state index in [9.17, 15) is 0 Å². The summed E-state index contributed by atoms with van der Waals surface area (Å²) >= 11 is 0. The van der Waals surface area contributed by atoms with Crippen LogP contribution in [0.4, 0.5) is 0 Å². The van der Waals surface area contributed by atoms with Crippen LogP contribution in [0.25, 0.3) is 0 Å². The molecule has 2 heterocycles. The summed E-state index contributed by atoms with van der Waals surface area (Å²) in [7, 11) is 2.14. The maximum absolute atomic E-state index is 5.66. The molecular formula is C13H22N2O2. The second kappa shape index (κ2) is 6.19. The minimum absolute atomic E-state index is 0.553. The molecule has 0 unspecified atom stereocenters. The van der Waals surface area contributed by atoms with Crippen LogP contribution in [0.15, 0.2) is 16.7 Å². The summed E-state index contributed by atoms with van der Waals surface area (Å²) < 4.78 is 10.8. The minimum atomic E-state index is 0.553. The molecule has 0 amide bonds. The zero-order chi connectivity index (χ0) is 12.1. The number of furan rings is 1. The Kier molecular flexibility index (Phi) is 4.59. The monoisotopic (exact) mass is 238 g/mol. The molecule has 96 valence electrons. The summed E-state index contributed by atoms with van der Waals surface area (Å²) in [4.78, 5) is 2.31. The van der Waals surface area contributed by atoms with Gasteiger partial charge in [-0.3, -0.25) is 4.90 Å². The van der Waals surface area contributed by atoms with Crippen LogP contribution < -0.4 is 5.73 Å². The first-order chi connectivity index (χ1) is 8.29. The van der Waals surface area contributed by atoms with E-state index in [4.69, 9.17) is 14.9 Å². The zero-order valence-corrected chi connectivity index (χ0v) is 10.5. The standard InChI is InChI=1S/C13H22N2O2/c1-15(9-11-2-5-16-6-3-11)10-13-12(8-14)4-7-17-13/h4,7,11H,2-3,5-6,8-10,14H2,1H3. The number of nitrogens with two attached hydrogens (primary N) is 1. The van der Waals surface area contributed by atoms with Gasteiger partial charge in [0.1, 0.15) is 5.76 Å². The summed E-state index contributed by atoms with van der Waals surface area (Å²) in [6.07, 6.45) is 4.07. The summed E-state index contributed by atoms with van der Waals surface area (Å²) in [6.45, 7) is 4.32. The van der Waals surface area contributed by atoms with Crippen LogP contribution in [0.5, 0.6) is 0 Å². The number of hydrogen-bond donors (Lipinski definition) is 1. The first-order valence-corrected chi connectivity index (χ1v) is 6.31. The van der Waals surface area contributed by atoms with Crippen molar-refractivity contribution in [2.75, 3.05) is 26.8 Å². The van der Waals surface area contributed by atoms with Crippen molar-refractivity contribution in [2.45, 2.75) is 25.9 Å². The SMILES string of the molecule is CN(Cc1occc1CN)CC1CCOCC1. The maximum atomic E-state index is 5.66. The van der Waals surface area contributed by atoms with Crippen molar-refractivity contribution in [3.63, 3.8) is 0 Å². The first kappa shape index (κ1) is 12.6. The lowest BCUT2D eigenvalue weighted by molar-refractivity contribution is 0.0542. The molecule has 1 fully saturated rings. The molecule has 1 aliphatic rings. The zero-order valence-electron chi connectivity index (χ0n) is 10.5. The van der Waals surface area contributed by atoms with Crippen LogP contribution in [0.2, 0.25) is 0 Å². The van der Waals surface area contributed by atoms with Gasteiger partial charge >= 0.3 is 0 Å². The molecule has 2 rings (SSSR count). The fraction of sp³-hybridized carbons (Fsp3) is 0.692. The third-order valence-corrected chi connectivity index (χ3v) is 3.38. The molecule has 0 aromatic carbocycles. The summed E-state index contributed by atoms with van der Waals surface area (Å²) in [5.74, 6) is 1.76. The van der Waals surface area contributed by atoms with Crippen molar-refractivity contribution in [3.05, 3.63) is 23.7 Å². The van der Waals surface area contributed by atoms with Crippen LogP contribution in [0.3, 0.4) is 0 Å². The Morgan fingerprint density at radius 1 is 1.41 bits per heavy atom. The van der Waals surface area contributed by atoms with Crippen molar-refractivity contribution in [1.82, 2.24) is 4.90 Å². The quantitative estimate of drug-likeness (QED) is 0.846. The highest BCUT2D eigenvalue weighted by Gasteiger charge is 2.17. The summed E-state index contributed by atoms with van der Waals surface area (Å²) in [6, 6.07) is 1.96. The third-order valence-electron chi connectivity index (χ3n) is 3.38. The molecule has 0 bridgehead atoms. The molecule has 0 saturated carbocycles. The highest BCUT2D eigenvalue weighted by Crippen LogP contribution is 2.18. The Morgan fingerprint density at radius 3 is 2.88 bits per heavy atom. The van der Waals surface area contributed by atoms with Gasteiger partial charge in [0.05, 0.1) is 12.8 Å². The molecule has 1 aromatic rings. The molecule has 0 atom stereocenters. The predicted molar refractivity (Wildman–Crippen MR) is 66.5 cm³/mol. The fourth-order valence-corrected chi connectivity index (χ4v) is 2.37. The van der Waals surface area contributed by atoms with Crippen molar-refractivity contribution in [1.29, 1.82) is 0 Å². The largest absolute Gasteiger partial charge is 0.468 e. The van der Waals surface area contributed by atoms with E-state index >= 15 is 0 Å². The van der Waals surface area contributed by atoms with Crippen LogP contribution in [0, 0.1) is 5.92 Å². The van der Waals surface area contributed by atoms with Crippen LogP contribution in [-0.2, 0) is 17.8 Å². The lowest BCUT2D eigenvalue weighted by Gasteiger charge is -2.26. The van der Waals surface area contributed by atoms with E-state index in [-0.39, 0.29) is 0 Å². The van der Waals surface area contributed by atoms with Gasteiger partial charge in [-0.1, -0.05) is 0 Å². The van der Waals surface area contributed by atoms with E-state index in [1.54, 1.807) is 6.26 Å². The maximum Gasteiger partial charge on any atom is 0.122 e. The number of hydrogen-bond acceptors (Lipinski definition) is 4.